The molecule has 0 saturated heterocycles. The van der Waals surface area contributed by atoms with E-state index in [9.17, 15) is 13.6 Å². The normalized spacial score (nSPS) is 12.1. The van der Waals surface area contributed by atoms with Gasteiger partial charge in [0.25, 0.3) is 0 Å². The Morgan fingerprint density at radius 1 is 1.54 bits per heavy atom. The van der Waals surface area contributed by atoms with Gasteiger partial charge in [0, 0.05) is 11.3 Å². The summed E-state index contributed by atoms with van der Waals surface area (Å²) in [4.78, 5) is 17.2. The van der Waals surface area contributed by atoms with Gasteiger partial charge < -0.3 is 9.66 Å². The summed E-state index contributed by atoms with van der Waals surface area (Å²) in [7, 11) is 0. The smallest absolute Gasteiger partial charge is 0.356 e. The zero-order chi connectivity index (χ0) is 9.84. The molecule has 0 aromatic carbocycles. The summed E-state index contributed by atoms with van der Waals surface area (Å²) in [6.07, 6.45) is 1.97. The highest BCUT2D eigenvalue weighted by molar-refractivity contribution is 7.80. The fourth-order valence-corrected chi connectivity index (χ4v) is 0.853. The van der Waals surface area contributed by atoms with E-state index in [1.54, 1.807) is 0 Å². The minimum atomic E-state index is -2.48. The molecule has 1 rings (SSSR count). The largest absolute Gasteiger partial charge is 0.755 e. The molecule has 1 heterocycles. The van der Waals surface area contributed by atoms with Gasteiger partial charge in [-0.3, -0.25) is 8.93 Å². The number of anilines is 1. The molecule has 0 amide bonds. The molecule has 1 aromatic heterocycles. The number of carboxylic acids is 1. The monoisotopic (exact) mass is 202 g/mol. The van der Waals surface area contributed by atoms with Crippen LogP contribution < -0.4 is 4.72 Å². The third kappa shape index (κ3) is 2.76. The Kier molecular flexibility index (Phi) is 2.88. The number of nitrogens with zero attached hydrogens (tertiary/aromatic N) is 2. The van der Waals surface area contributed by atoms with Crippen molar-refractivity contribution >= 4 is 23.1 Å². The van der Waals surface area contributed by atoms with Crippen LogP contribution in [-0.2, 0) is 11.3 Å². The molecule has 8 heteroatoms. The first-order chi connectivity index (χ1) is 6.09. The molecule has 1 aromatic rings. The first kappa shape index (κ1) is 9.55. The maximum atomic E-state index is 10.3. The zero-order valence-corrected chi connectivity index (χ0v) is 6.95. The molecular weight excluding hydrogens is 198 g/mol. The molecule has 0 radical (unpaired) electrons. The Bertz CT molecular complexity index is 338. The van der Waals surface area contributed by atoms with Crippen LogP contribution >= 0.6 is 0 Å². The van der Waals surface area contributed by atoms with Crippen LogP contribution in [0.25, 0.3) is 0 Å². The molecule has 0 aliphatic rings. The fraction of sp³-hybridized carbons (Fsp3) is 0. The first-order valence-electron chi connectivity index (χ1n) is 3.01. The second kappa shape index (κ2) is 3.92. The van der Waals surface area contributed by atoms with E-state index in [0.29, 0.717) is 0 Å². The quantitative estimate of drug-likeness (QED) is 0.631. The average Bonchev–Trinajstić information content (AvgIpc) is 2.04. The molecule has 2 N–H and O–H groups in total. The summed E-state index contributed by atoms with van der Waals surface area (Å²) in [5, 5.41) is 8.41. The summed E-state index contributed by atoms with van der Waals surface area (Å²) >= 11 is -2.48. The predicted molar refractivity (Wildman–Crippen MR) is 41.5 cm³/mol. The van der Waals surface area contributed by atoms with Gasteiger partial charge in [-0.2, -0.15) is 0 Å². The lowest BCUT2D eigenvalue weighted by atomic mass is 10.5. The summed E-state index contributed by atoms with van der Waals surface area (Å²) in [6.45, 7) is 0. The number of aromatic nitrogens is 2. The molecule has 13 heavy (non-hydrogen) atoms. The Morgan fingerprint density at radius 2 is 2.23 bits per heavy atom. The van der Waals surface area contributed by atoms with E-state index >= 15 is 0 Å². The molecule has 1 atom stereocenters. The lowest BCUT2D eigenvalue weighted by Crippen LogP contribution is -2.07. The van der Waals surface area contributed by atoms with Gasteiger partial charge in [-0.25, -0.2) is 14.8 Å². The second-order valence-corrected chi connectivity index (χ2v) is 2.60. The van der Waals surface area contributed by atoms with Crippen LogP contribution in [0.2, 0.25) is 0 Å². The molecular formula is C5H4N3O4S-. The van der Waals surface area contributed by atoms with Gasteiger partial charge >= 0.3 is 5.97 Å². The Hall–Kier alpha value is -1.54. The van der Waals surface area contributed by atoms with Gasteiger partial charge in [0.2, 0.25) is 0 Å². The van der Waals surface area contributed by atoms with E-state index in [4.69, 9.17) is 5.11 Å². The zero-order valence-electron chi connectivity index (χ0n) is 6.13. The Morgan fingerprint density at radius 3 is 2.62 bits per heavy atom. The van der Waals surface area contributed by atoms with Crippen molar-refractivity contribution in [2.45, 2.75) is 0 Å². The van der Waals surface area contributed by atoms with Crippen LogP contribution in [0.15, 0.2) is 12.4 Å². The van der Waals surface area contributed by atoms with Gasteiger partial charge in [0.05, 0.1) is 12.4 Å². The van der Waals surface area contributed by atoms with Crippen molar-refractivity contribution in [3.05, 3.63) is 18.1 Å². The van der Waals surface area contributed by atoms with E-state index in [2.05, 4.69) is 9.97 Å². The molecule has 0 bridgehead atoms. The summed E-state index contributed by atoms with van der Waals surface area (Å²) in [5.74, 6) is -1.25. The van der Waals surface area contributed by atoms with Crippen LogP contribution in [0.5, 0.6) is 0 Å². The maximum absolute atomic E-state index is 10.3. The summed E-state index contributed by atoms with van der Waals surface area (Å²) in [6, 6.07) is 0. The number of hydrogen-bond acceptors (Lipinski definition) is 5. The second-order valence-electron chi connectivity index (χ2n) is 1.93. The number of rotatable bonds is 3. The van der Waals surface area contributed by atoms with Crippen molar-refractivity contribution in [3.8, 4) is 0 Å². The minimum Gasteiger partial charge on any atom is -0.755 e. The molecule has 0 spiro atoms. The van der Waals surface area contributed by atoms with E-state index in [1.165, 1.54) is 0 Å². The third-order valence-corrected chi connectivity index (χ3v) is 1.43. The molecule has 0 aliphatic carbocycles. The van der Waals surface area contributed by atoms with Crippen LogP contribution in [-0.4, -0.2) is 29.8 Å². The lowest BCUT2D eigenvalue weighted by molar-refractivity contribution is 0.0690. The van der Waals surface area contributed by atoms with Gasteiger partial charge in [-0.15, -0.1) is 0 Å². The van der Waals surface area contributed by atoms with E-state index in [1.807, 2.05) is 4.72 Å². The lowest BCUT2D eigenvalue weighted by Gasteiger charge is -2.06. The molecule has 0 fully saturated rings. The summed E-state index contributed by atoms with van der Waals surface area (Å²) in [5.41, 5.74) is -0.248. The minimum absolute atomic E-state index is 0.0293. The molecule has 1 unspecified atom stereocenters. The van der Waals surface area contributed by atoms with Crippen LogP contribution in [0.1, 0.15) is 10.5 Å². The van der Waals surface area contributed by atoms with Gasteiger partial charge in [-0.05, 0) is 0 Å². The predicted octanol–water partition coefficient (Wildman–Crippen LogP) is -0.619. The van der Waals surface area contributed by atoms with Crippen molar-refractivity contribution in [3.63, 3.8) is 0 Å². The van der Waals surface area contributed by atoms with Crippen LogP contribution in [0, 0.1) is 0 Å². The van der Waals surface area contributed by atoms with Gasteiger partial charge in [-0.1, -0.05) is 0 Å². The highest BCUT2D eigenvalue weighted by Gasteiger charge is 2.03. The van der Waals surface area contributed by atoms with Crippen LogP contribution in [0.3, 0.4) is 0 Å². The van der Waals surface area contributed by atoms with Crippen molar-refractivity contribution in [2.24, 2.45) is 0 Å². The topological polar surface area (TPSA) is 115 Å². The third-order valence-electron chi connectivity index (χ3n) is 1.06. The van der Waals surface area contributed by atoms with Crippen molar-refractivity contribution < 1.29 is 18.7 Å². The average molecular weight is 202 g/mol. The number of carboxylic acid groups (broad SMARTS) is 1. The van der Waals surface area contributed by atoms with E-state index < -0.39 is 17.2 Å². The Balaban J connectivity index is 2.81. The molecule has 70 valence electrons. The number of aromatic carboxylic acids is 1. The maximum Gasteiger partial charge on any atom is 0.356 e. The number of nitrogens with one attached hydrogen (secondary N) is 1. The van der Waals surface area contributed by atoms with E-state index in [0.717, 1.165) is 12.4 Å². The van der Waals surface area contributed by atoms with Crippen molar-refractivity contribution in [1.82, 2.24) is 9.97 Å². The molecule has 7 nitrogen and oxygen atoms in total. The Labute approximate surface area is 75.3 Å². The SMILES string of the molecule is O=C(O)c1cnc(NS(=O)[O-])cn1. The fourth-order valence-electron chi connectivity index (χ4n) is 0.577. The summed E-state index contributed by atoms with van der Waals surface area (Å²) < 4.78 is 22.1. The van der Waals surface area contributed by atoms with Crippen molar-refractivity contribution in [1.29, 1.82) is 0 Å². The van der Waals surface area contributed by atoms with Crippen LogP contribution in [0.4, 0.5) is 5.82 Å². The van der Waals surface area contributed by atoms with Crippen molar-refractivity contribution in [2.75, 3.05) is 4.72 Å². The standard InChI is InChI=1S/C5H5N3O4S/c9-5(10)3-1-7-4(2-6-3)8-13(11)12/h1-2H,(H,7,8)(H,9,10)(H,11,12)/p-1. The number of hydrogen-bond donors (Lipinski definition) is 2. The molecule has 0 aliphatic heterocycles. The highest BCUT2D eigenvalue weighted by atomic mass is 32.2. The highest BCUT2D eigenvalue weighted by Crippen LogP contribution is 2.00. The number of carbonyl (C=O) groups is 1. The first-order valence-corrected chi connectivity index (χ1v) is 4.08. The van der Waals surface area contributed by atoms with Gasteiger partial charge in [0.15, 0.2) is 11.5 Å². The van der Waals surface area contributed by atoms with Gasteiger partial charge in [0.1, 0.15) is 0 Å². The van der Waals surface area contributed by atoms with E-state index in [-0.39, 0.29) is 11.5 Å². The molecule has 0 saturated carbocycles.